The first-order valence-corrected chi connectivity index (χ1v) is 7.64. The van der Waals surface area contributed by atoms with Crippen molar-refractivity contribution in [3.8, 4) is 0 Å². The molecule has 0 radical (unpaired) electrons. The molecule has 1 aliphatic carbocycles. The minimum Gasteiger partial charge on any atom is -0.368 e. The molecule has 0 aromatic heterocycles. The molecule has 0 bridgehead atoms. The van der Waals surface area contributed by atoms with Crippen molar-refractivity contribution in [3.63, 3.8) is 0 Å². The van der Waals surface area contributed by atoms with Crippen molar-refractivity contribution < 1.29 is 9.72 Å². The van der Waals surface area contributed by atoms with Gasteiger partial charge in [-0.1, -0.05) is 12.8 Å². The molecule has 1 saturated heterocycles. The minimum atomic E-state index is -0.478. The quantitative estimate of drug-likeness (QED) is 0.484. The lowest BCUT2D eigenvalue weighted by molar-refractivity contribution is -0.385. The Labute approximate surface area is 124 Å². The second-order valence-corrected chi connectivity index (χ2v) is 6.11. The number of rotatable bonds is 3. The third kappa shape index (κ3) is 2.52. The fraction of sp³-hybridized carbons (Fsp3) is 0.562. The van der Waals surface area contributed by atoms with E-state index in [-0.39, 0.29) is 17.0 Å². The Bertz CT molecular complexity index is 585. The predicted molar refractivity (Wildman–Crippen MR) is 80.8 cm³/mol. The van der Waals surface area contributed by atoms with Gasteiger partial charge in [-0.25, -0.2) is 0 Å². The third-order valence-corrected chi connectivity index (χ3v) is 4.90. The van der Waals surface area contributed by atoms with Gasteiger partial charge in [0.25, 0.3) is 5.69 Å². The maximum atomic E-state index is 11.7. The maximum absolute atomic E-state index is 11.7. The van der Waals surface area contributed by atoms with Crippen LogP contribution in [-0.4, -0.2) is 23.3 Å². The van der Waals surface area contributed by atoms with E-state index < -0.39 is 4.92 Å². The maximum Gasteiger partial charge on any atom is 0.280 e. The zero-order valence-electron chi connectivity index (χ0n) is 12.2. The average Bonchev–Trinajstić information content (AvgIpc) is 2.90. The van der Waals surface area contributed by atoms with Crippen molar-refractivity contribution in [2.75, 3.05) is 11.4 Å². The van der Waals surface area contributed by atoms with E-state index in [1.165, 1.54) is 45.1 Å². The molecule has 1 aliphatic heterocycles. The van der Waals surface area contributed by atoms with E-state index >= 15 is 0 Å². The van der Waals surface area contributed by atoms with Gasteiger partial charge in [0, 0.05) is 24.3 Å². The van der Waals surface area contributed by atoms with Crippen LogP contribution in [0.2, 0.25) is 0 Å². The Hall–Kier alpha value is -1.91. The molecule has 5 nitrogen and oxygen atoms in total. The van der Waals surface area contributed by atoms with Gasteiger partial charge < -0.3 is 4.90 Å². The van der Waals surface area contributed by atoms with Gasteiger partial charge >= 0.3 is 0 Å². The molecule has 5 heteroatoms. The summed E-state index contributed by atoms with van der Waals surface area (Å²) in [5.41, 5.74) is 1.09. The van der Waals surface area contributed by atoms with Crippen LogP contribution in [-0.2, 0) is 0 Å². The van der Waals surface area contributed by atoms with Gasteiger partial charge in [-0.05, 0) is 44.2 Å². The molecule has 1 heterocycles. The normalized spacial score (nSPS) is 24.7. The first-order chi connectivity index (χ1) is 10.1. The van der Waals surface area contributed by atoms with Gasteiger partial charge in [-0.15, -0.1) is 0 Å². The second kappa shape index (κ2) is 5.47. The highest BCUT2D eigenvalue weighted by Crippen LogP contribution is 2.39. The van der Waals surface area contributed by atoms with E-state index in [2.05, 4.69) is 4.90 Å². The van der Waals surface area contributed by atoms with E-state index in [4.69, 9.17) is 0 Å². The summed E-state index contributed by atoms with van der Waals surface area (Å²) < 4.78 is 0. The van der Waals surface area contributed by atoms with Gasteiger partial charge in [0.05, 0.1) is 10.5 Å². The first-order valence-electron chi connectivity index (χ1n) is 7.64. The summed E-state index contributed by atoms with van der Waals surface area (Å²) >= 11 is 0. The SMILES string of the molecule is CC(=O)c1cc(N2CCC3CCCCC32)ccc1[N+](=O)[O-]. The van der Waals surface area contributed by atoms with Crippen LogP contribution >= 0.6 is 0 Å². The van der Waals surface area contributed by atoms with Crippen LogP contribution in [0.25, 0.3) is 0 Å². The van der Waals surface area contributed by atoms with Crippen molar-refractivity contribution in [2.45, 2.75) is 45.1 Å². The lowest BCUT2D eigenvalue weighted by atomic mass is 9.85. The molecule has 0 spiro atoms. The molecule has 0 N–H and O–H groups in total. The highest BCUT2D eigenvalue weighted by Gasteiger charge is 2.36. The summed E-state index contributed by atoms with van der Waals surface area (Å²) in [6, 6.07) is 5.52. The predicted octanol–water partition coefficient (Wildman–Crippen LogP) is 3.57. The van der Waals surface area contributed by atoms with Crippen LogP contribution in [0.15, 0.2) is 18.2 Å². The van der Waals surface area contributed by atoms with Gasteiger partial charge in [-0.2, -0.15) is 0 Å². The van der Waals surface area contributed by atoms with Crippen molar-refractivity contribution in [2.24, 2.45) is 5.92 Å². The number of carbonyl (C=O) groups excluding carboxylic acids is 1. The number of Topliss-reactive ketones (excluding diaryl/α,β-unsaturated/α-hetero) is 1. The molecular weight excluding hydrogens is 268 g/mol. The second-order valence-electron chi connectivity index (χ2n) is 6.11. The highest BCUT2D eigenvalue weighted by atomic mass is 16.6. The Morgan fingerprint density at radius 1 is 1.29 bits per heavy atom. The van der Waals surface area contributed by atoms with E-state index in [0.717, 1.165) is 18.2 Å². The molecule has 1 aromatic rings. The molecule has 2 atom stereocenters. The third-order valence-electron chi connectivity index (χ3n) is 4.90. The molecule has 21 heavy (non-hydrogen) atoms. The number of hydrogen-bond donors (Lipinski definition) is 0. The van der Waals surface area contributed by atoms with E-state index in [0.29, 0.717) is 6.04 Å². The fourth-order valence-electron chi connectivity index (χ4n) is 3.87. The number of nitro benzene ring substituents is 1. The first kappa shape index (κ1) is 14.0. The summed E-state index contributed by atoms with van der Waals surface area (Å²) in [5.74, 6) is 0.498. The number of benzene rings is 1. The fourth-order valence-corrected chi connectivity index (χ4v) is 3.87. The topological polar surface area (TPSA) is 63.5 Å². The molecule has 1 aromatic carbocycles. The Kier molecular flexibility index (Phi) is 3.66. The summed E-state index contributed by atoms with van der Waals surface area (Å²) in [4.78, 5) is 24.6. The van der Waals surface area contributed by atoms with Gasteiger partial charge in [0.15, 0.2) is 5.78 Å². The van der Waals surface area contributed by atoms with Crippen molar-refractivity contribution >= 4 is 17.2 Å². The zero-order chi connectivity index (χ0) is 15.0. The number of nitrogens with zero attached hydrogens (tertiary/aromatic N) is 2. The number of hydrogen-bond acceptors (Lipinski definition) is 4. The molecule has 2 aliphatic rings. The summed E-state index contributed by atoms with van der Waals surface area (Å²) in [7, 11) is 0. The number of anilines is 1. The molecule has 0 amide bonds. The number of ketones is 1. The number of fused-ring (bicyclic) bond motifs is 1. The number of nitro groups is 1. The van der Waals surface area contributed by atoms with Crippen LogP contribution in [0.5, 0.6) is 0 Å². The molecule has 2 fully saturated rings. The summed E-state index contributed by atoms with van der Waals surface area (Å²) in [6.45, 7) is 2.38. The van der Waals surface area contributed by atoms with Gasteiger partial charge in [0.1, 0.15) is 0 Å². The van der Waals surface area contributed by atoms with Crippen LogP contribution in [0.4, 0.5) is 11.4 Å². The Balaban J connectivity index is 1.94. The van der Waals surface area contributed by atoms with Crippen LogP contribution in [0, 0.1) is 16.0 Å². The lowest BCUT2D eigenvalue weighted by Gasteiger charge is -2.33. The van der Waals surface area contributed by atoms with E-state index in [1.54, 1.807) is 12.1 Å². The zero-order valence-corrected chi connectivity index (χ0v) is 12.2. The molecular formula is C16H20N2O3. The van der Waals surface area contributed by atoms with E-state index in [1.807, 2.05) is 0 Å². The smallest absolute Gasteiger partial charge is 0.280 e. The largest absolute Gasteiger partial charge is 0.368 e. The lowest BCUT2D eigenvalue weighted by Crippen LogP contribution is -2.34. The van der Waals surface area contributed by atoms with E-state index in [9.17, 15) is 14.9 Å². The summed E-state index contributed by atoms with van der Waals surface area (Å²) in [6.07, 6.45) is 6.24. The van der Waals surface area contributed by atoms with Gasteiger partial charge in [0.2, 0.25) is 0 Å². The van der Waals surface area contributed by atoms with Crippen LogP contribution < -0.4 is 4.90 Å². The van der Waals surface area contributed by atoms with Crippen molar-refractivity contribution in [1.82, 2.24) is 0 Å². The highest BCUT2D eigenvalue weighted by molar-refractivity contribution is 5.99. The molecule has 1 saturated carbocycles. The minimum absolute atomic E-state index is 0.0920. The Morgan fingerprint density at radius 2 is 2.05 bits per heavy atom. The average molecular weight is 288 g/mol. The van der Waals surface area contributed by atoms with Gasteiger partial charge in [-0.3, -0.25) is 14.9 Å². The summed E-state index contributed by atoms with van der Waals surface area (Å²) in [5, 5.41) is 11.0. The Morgan fingerprint density at radius 3 is 2.76 bits per heavy atom. The number of carbonyl (C=O) groups is 1. The van der Waals surface area contributed by atoms with Crippen LogP contribution in [0.3, 0.4) is 0 Å². The standard InChI is InChI=1S/C16H20N2O3/c1-11(19)14-10-13(6-7-16(14)18(20)21)17-9-8-12-4-2-3-5-15(12)17/h6-7,10,12,15H,2-5,8-9H2,1H3. The van der Waals surface area contributed by atoms with Crippen molar-refractivity contribution in [3.05, 3.63) is 33.9 Å². The molecule has 3 rings (SSSR count). The molecule has 2 unspecified atom stereocenters. The molecule has 112 valence electrons. The van der Waals surface area contributed by atoms with Crippen molar-refractivity contribution in [1.29, 1.82) is 0 Å². The monoisotopic (exact) mass is 288 g/mol. The van der Waals surface area contributed by atoms with Crippen LogP contribution in [0.1, 0.15) is 49.4 Å².